The van der Waals surface area contributed by atoms with Crippen molar-refractivity contribution >= 4 is 40.2 Å². The Labute approximate surface area is 189 Å². The molecule has 31 heavy (non-hydrogen) atoms. The molecule has 1 fully saturated rings. The summed E-state index contributed by atoms with van der Waals surface area (Å²) in [5.74, 6) is 0.524. The third kappa shape index (κ3) is 4.52. The summed E-state index contributed by atoms with van der Waals surface area (Å²) in [5, 5.41) is 3.68. The molecule has 1 aliphatic carbocycles. The van der Waals surface area contributed by atoms with E-state index in [1.807, 2.05) is 20.8 Å². The van der Waals surface area contributed by atoms with E-state index < -0.39 is 11.6 Å². The van der Waals surface area contributed by atoms with Crippen LogP contribution in [0.1, 0.15) is 50.9 Å². The Kier molecular flexibility index (Phi) is 5.66. The molecule has 0 bridgehead atoms. The summed E-state index contributed by atoms with van der Waals surface area (Å²) in [7, 11) is 0. The first-order valence-electron chi connectivity index (χ1n) is 9.94. The second-order valence-corrected chi connectivity index (χ2v) is 9.38. The molecule has 2 aromatic heterocycles. The molecule has 4 rings (SSSR count). The Morgan fingerprint density at radius 3 is 2.68 bits per heavy atom. The maximum absolute atomic E-state index is 13.6. The second kappa shape index (κ2) is 8.13. The molecule has 7 nitrogen and oxygen atoms in total. The van der Waals surface area contributed by atoms with E-state index >= 15 is 0 Å². The molecule has 1 aromatic carbocycles. The number of pyridine rings is 1. The van der Waals surface area contributed by atoms with Crippen molar-refractivity contribution in [3.8, 4) is 5.69 Å². The first-order chi connectivity index (χ1) is 14.7. The molecule has 162 valence electrons. The molecule has 0 radical (unpaired) electrons. The second-order valence-electron chi connectivity index (χ2n) is 8.59. The molecule has 9 heteroatoms. The fraction of sp³-hybridized carbons (Fsp3) is 0.364. The quantitative estimate of drug-likeness (QED) is 0.592. The van der Waals surface area contributed by atoms with Gasteiger partial charge in [0.1, 0.15) is 0 Å². The number of fused-ring (bicyclic) bond motifs is 1. The van der Waals surface area contributed by atoms with Crippen LogP contribution in [0.15, 0.2) is 35.4 Å². The van der Waals surface area contributed by atoms with Crippen molar-refractivity contribution in [2.45, 2.75) is 51.7 Å². The number of rotatable bonds is 4. The van der Waals surface area contributed by atoms with Crippen LogP contribution in [0.4, 0.5) is 4.79 Å². The van der Waals surface area contributed by atoms with E-state index in [0.717, 1.165) is 18.4 Å². The van der Waals surface area contributed by atoms with Gasteiger partial charge in [0.2, 0.25) is 0 Å². The minimum Gasteiger partial charge on any atom is -0.441 e. The van der Waals surface area contributed by atoms with Gasteiger partial charge in [0.05, 0.1) is 32.8 Å². The highest BCUT2D eigenvalue weighted by Crippen LogP contribution is 2.46. The SMILES string of the molecule is CC(C)(C)NC(=O)OCc1nc2c(Cl)cc(C3CC3)c(Cl)c2c(=O)n1-c1cccnc1. The lowest BCUT2D eigenvalue weighted by Crippen LogP contribution is -2.41. The predicted octanol–water partition coefficient (Wildman–Crippen LogP) is 4.99. The van der Waals surface area contributed by atoms with Crippen LogP contribution in [-0.4, -0.2) is 26.2 Å². The van der Waals surface area contributed by atoms with Crippen LogP contribution in [0.25, 0.3) is 16.6 Å². The van der Waals surface area contributed by atoms with Crippen molar-refractivity contribution in [3.63, 3.8) is 0 Å². The van der Waals surface area contributed by atoms with Crippen LogP contribution >= 0.6 is 23.2 Å². The maximum atomic E-state index is 13.6. The lowest BCUT2D eigenvalue weighted by Gasteiger charge is -2.20. The molecule has 1 N–H and O–H groups in total. The highest BCUT2D eigenvalue weighted by molar-refractivity contribution is 6.40. The zero-order chi connectivity index (χ0) is 22.3. The number of alkyl carbamates (subject to hydrolysis) is 1. The Bertz CT molecular complexity index is 1220. The monoisotopic (exact) mass is 460 g/mol. The lowest BCUT2D eigenvalue weighted by atomic mass is 10.1. The summed E-state index contributed by atoms with van der Waals surface area (Å²) < 4.78 is 6.70. The molecule has 1 saturated carbocycles. The van der Waals surface area contributed by atoms with Gasteiger partial charge in [0.25, 0.3) is 5.56 Å². The first-order valence-corrected chi connectivity index (χ1v) is 10.7. The van der Waals surface area contributed by atoms with E-state index in [1.165, 1.54) is 10.8 Å². The number of carbonyl (C=O) groups is 1. The molecule has 0 spiro atoms. The highest BCUT2D eigenvalue weighted by atomic mass is 35.5. The average molecular weight is 461 g/mol. The molecule has 0 atom stereocenters. The minimum atomic E-state index is -0.618. The molecule has 3 aromatic rings. The maximum Gasteiger partial charge on any atom is 0.407 e. The van der Waals surface area contributed by atoms with Gasteiger partial charge in [-0.1, -0.05) is 23.2 Å². The smallest absolute Gasteiger partial charge is 0.407 e. The Hall–Kier alpha value is -2.64. The number of hydrogen-bond acceptors (Lipinski definition) is 5. The van der Waals surface area contributed by atoms with Gasteiger partial charge in [0, 0.05) is 11.7 Å². The molecule has 2 heterocycles. The van der Waals surface area contributed by atoms with Gasteiger partial charge >= 0.3 is 6.09 Å². The number of halogens is 2. The molecule has 0 aliphatic heterocycles. The van der Waals surface area contributed by atoms with Crippen molar-refractivity contribution < 1.29 is 9.53 Å². The summed E-state index contributed by atoms with van der Waals surface area (Å²) in [4.78, 5) is 34.4. The van der Waals surface area contributed by atoms with E-state index in [-0.39, 0.29) is 28.9 Å². The van der Waals surface area contributed by atoms with Crippen LogP contribution < -0.4 is 10.9 Å². The molecular formula is C22H22Cl2N4O3. The number of amides is 1. The van der Waals surface area contributed by atoms with Crippen LogP contribution in [0.5, 0.6) is 0 Å². The van der Waals surface area contributed by atoms with Crippen LogP contribution in [-0.2, 0) is 11.3 Å². The number of carbonyl (C=O) groups excluding carboxylic acids is 1. The summed E-state index contributed by atoms with van der Waals surface area (Å²) in [6.07, 6.45) is 4.55. The largest absolute Gasteiger partial charge is 0.441 e. The van der Waals surface area contributed by atoms with Gasteiger partial charge < -0.3 is 10.1 Å². The number of ether oxygens (including phenoxy) is 1. The van der Waals surface area contributed by atoms with E-state index in [9.17, 15) is 9.59 Å². The van der Waals surface area contributed by atoms with Gasteiger partial charge in [-0.3, -0.25) is 14.3 Å². The first kappa shape index (κ1) is 21.6. The zero-order valence-corrected chi connectivity index (χ0v) is 18.9. The molecule has 1 aliphatic rings. The lowest BCUT2D eigenvalue weighted by molar-refractivity contribution is 0.127. The van der Waals surface area contributed by atoms with Crippen molar-refractivity contribution in [1.29, 1.82) is 0 Å². The molecular weight excluding hydrogens is 439 g/mol. The highest BCUT2D eigenvalue weighted by Gasteiger charge is 2.29. The summed E-state index contributed by atoms with van der Waals surface area (Å²) in [6, 6.07) is 5.21. The van der Waals surface area contributed by atoms with E-state index in [2.05, 4.69) is 15.3 Å². The Morgan fingerprint density at radius 2 is 2.06 bits per heavy atom. The number of aromatic nitrogens is 3. The van der Waals surface area contributed by atoms with E-state index in [4.69, 9.17) is 27.9 Å². The van der Waals surface area contributed by atoms with Gasteiger partial charge in [-0.25, -0.2) is 9.78 Å². The van der Waals surface area contributed by atoms with Gasteiger partial charge in [0.15, 0.2) is 12.4 Å². The van der Waals surface area contributed by atoms with Crippen LogP contribution in [0.2, 0.25) is 10.0 Å². The van der Waals surface area contributed by atoms with Crippen molar-refractivity contribution in [2.24, 2.45) is 0 Å². The fourth-order valence-corrected chi connectivity index (χ4v) is 3.99. The third-order valence-electron chi connectivity index (χ3n) is 4.86. The predicted molar refractivity (Wildman–Crippen MR) is 120 cm³/mol. The summed E-state index contributed by atoms with van der Waals surface area (Å²) in [5.41, 5.74) is 0.788. The molecule has 0 unspecified atom stereocenters. The van der Waals surface area contributed by atoms with Crippen LogP contribution in [0.3, 0.4) is 0 Å². The average Bonchev–Trinajstić information content (AvgIpc) is 3.53. The number of hydrogen-bond donors (Lipinski definition) is 1. The van der Waals surface area contributed by atoms with Crippen LogP contribution in [0, 0.1) is 0 Å². The Morgan fingerprint density at radius 1 is 1.32 bits per heavy atom. The number of nitrogens with one attached hydrogen (secondary N) is 1. The van der Waals surface area contributed by atoms with Crippen molar-refractivity contribution in [1.82, 2.24) is 19.9 Å². The number of benzene rings is 1. The number of nitrogens with zero attached hydrogens (tertiary/aromatic N) is 3. The van der Waals surface area contributed by atoms with Gasteiger partial charge in [-0.15, -0.1) is 0 Å². The topological polar surface area (TPSA) is 86.1 Å². The van der Waals surface area contributed by atoms with Crippen molar-refractivity contribution in [3.05, 3.63) is 62.4 Å². The van der Waals surface area contributed by atoms with E-state index in [0.29, 0.717) is 21.7 Å². The summed E-state index contributed by atoms with van der Waals surface area (Å²) in [6.45, 7) is 5.29. The fourth-order valence-electron chi connectivity index (χ4n) is 3.36. The standard InChI is InChI=1S/C22H22Cl2N4O3/c1-22(2,3)27-21(30)31-11-16-26-19-15(23)9-14(12-6-7-12)18(24)17(19)20(29)28(16)13-5-4-8-25-10-13/h4-5,8-10,12H,6-7,11H2,1-3H3,(H,27,30). The van der Waals surface area contributed by atoms with Gasteiger partial charge in [-0.05, 0) is 63.3 Å². The van der Waals surface area contributed by atoms with E-state index in [1.54, 1.807) is 24.4 Å². The normalized spacial score (nSPS) is 14.0. The third-order valence-corrected chi connectivity index (χ3v) is 5.56. The molecule has 0 saturated heterocycles. The molecule has 1 amide bonds. The Balaban J connectivity index is 1.86. The summed E-state index contributed by atoms with van der Waals surface area (Å²) >= 11 is 13.1. The zero-order valence-electron chi connectivity index (χ0n) is 17.4. The van der Waals surface area contributed by atoms with Crippen molar-refractivity contribution in [2.75, 3.05) is 0 Å². The minimum absolute atomic E-state index is 0.215. The van der Waals surface area contributed by atoms with Gasteiger partial charge in [-0.2, -0.15) is 0 Å².